The first-order chi connectivity index (χ1) is 7.86. The van der Waals surface area contributed by atoms with Gasteiger partial charge in [0, 0.05) is 21.9 Å². The van der Waals surface area contributed by atoms with Crippen LogP contribution in [0.1, 0.15) is 43.7 Å². The van der Waals surface area contributed by atoms with Crippen molar-refractivity contribution in [3.05, 3.63) is 27.1 Å². The summed E-state index contributed by atoms with van der Waals surface area (Å²) in [6, 6.07) is 2.28. The molecule has 0 radical (unpaired) electrons. The van der Waals surface area contributed by atoms with E-state index in [1.165, 1.54) is 0 Å². The molecule has 0 bridgehead atoms. The van der Waals surface area contributed by atoms with Gasteiger partial charge in [-0.25, -0.2) is 0 Å². The number of carbonyl (C=O) groups is 1. The van der Waals surface area contributed by atoms with Gasteiger partial charge >= 0.3 is 0 Å². The molecule has 1 rings (SSSR count). The number of carbonyl (C=O) groups excluding carboxylic acids is 1. The van der Waals surface area contributed by atoms with E-state index in [1.54, 1.807) is 6.20 Å². The standard InChI is InChI=1S/C13H19IN2O/c1-8(2)16(9(3)4)13(17)12-10(5)11(14)6-7-15-12/h6-9H,1-5H3. The van der Waals surface area contributed by atoms with Crippen LogP contribution in [-0.2, 0) is 0 Å². The van der Waals surface area contributed by atoms with E-state index in [2.05, 4.69) is 27.6 Å². The van der Waals surface area contributed by atoms with E-state index < -0.39 is 0 Å². The molecule has 4 heteroatoms. The minimum atomic E-state index is 0.0195. The van der Waals surface area contributed by atoms with Gasteiger partial charge in [0.15, 0.2) is 0 Å². The van der Waals surface area contributed by atoms with Gasteiger partial charge in [0.25, 0.3) is 5.91 Å². The normalized spacial score (nSPS) is 11.1. The zero-order chi connectivity index (χ0) is 13.2. The van der Waals surface area contributed by atoms with Crippen LogP contribution in [0.2, 0.25) is 0 Å². The molecule has 1 heterocycles. The predicted octanol–water partition coefficient (Wildman–Crippen LogP) is 3.25. The molecular formula is C13H19IN2O. The second-order valence-corrected chi connectivity index (χ2v) is 5.83. The largest absolute Gasteiger partial charge is 0.332 e. The molecule has 0 spiro atoms. The Morgan fingerprint density at radius 3 is 2.29 bits per heavy atom. The molecule has 1 aromatic heterocycles. The summed E-state index contributed by atoms with van der Waals surface area (Å²) in [5, 5.41) is 0. The summed E-state index contributed by atoms with van der Waals surface area (Å²) >= 11 is 2.23. The first kappa shape index (κ1) is 14.4. The zero-order valence-electron chi connectivity index (χ0n) is 11.0. The summed E-state index contributed by atoms with van der Waals surface area (Å²) < 4.78 is 1.08. The van der Waals surface area contributed by atoms with E-state index in [1.807, 2.05) is 45.6 Å². The lowest BCUT2D eigenvalue weighted by atomic mass is 10.1. The fourth-order valence-electron chi connectivity index (χ4n) is 1.92. The van der Waals surface area contributed by atoms with Crippen molar-refractivity contribution in [2.75, 3.05) is 0 Å². The summed E-state index contributed by atoms with van der Waals surface area (Å²) in [5.41, 5.74) is 1.53. The van der Waals surface area contributed by atoms with Crippen LogP contribution in [0.3, 0.4) is 0 Å². The maximum atomic E-state index is 12.5. The monoisotopic (exact) mass is 346 g/mol. The summed E-state index contributed by atoms with van der Waals surface area (Å²) in [5.74, 6) is 0.0195. The summed E-state index contributed by atoms with van der Waals surface area (Å²) in [7, 11) is 0. The number of pyridine rings is 1. The van der Waals surface area contributed by atoms with E-state index in [0.29, 0.717) is 5.69 Å². The molecule has 0 fully saturated rings. The third-order valence-corrected chi connectivity index (χ3v) is 3.86. The smallest absolute Gasteiger partial charge is 0.273 e. The van der Waals surface area contributed by atoms with Gasteiger partial charge in [0.1, 0.15) is 5.69 Å². The van der Waals surface area contributed by atoms with Crippen molar-refractivity contribution in [2.24, 2.45) is 0 Å². The molecular weight excluding hydrogens is 327 g/mol. The molecule has 0 aromatic carbocycles. The van der Waals surface area contributed by atoms with Gasteiger partial charge in [-0.3, -0.25) is 9.78 Å². The van der Waals surface area contributed by atoms with Crippen LogP contribution in [-0.4, -0.2) is 27.9 Å². The van der Waals surface area contributed by atoms with Gasteiger partial charge in [-0.15, -0.1) is 0 Å². The summed E-state index contributed by atoms with van der Waals surface area (Å²) in [6.45, 7) is 10.1. The highest BCUT2D eigenvalue weighted by Crippen LogP contribution is 2.17. The second-order valence-electron chi connectivity index (χ2n) is 4.67. The van der Waals surface area contributed by atoms with Crippen LogP contribution >= 0.6 is 22.6 Å². The number of amides is 1. The van der Waals surface area contributed by atoms with Gasteiger partial charge < -0.3 is 4.90 Å². The fourth-order valence-corrected chi connectivity index (χ4v) is 2.33. The van der Waals surface area contributed by atoms with Gasteiger partial charge in [-0.2, -0.15) is 0 Å². The lowest BCUT2D eigenvalue weighted by Crippen LogP contribution is -2.42. The van der Waals surface area contributed by atoms with Gasteiger partial charge in [0.05, 0.1) is 0 Å². The molecule has 0 aliphatic rings. The average Bonchev–Trinajstić information content (AvgIpc) is 2.20. The Morgan fingerprint density at radius 1 is 1.29 bits per heavy atom. The van der Waals surface area contributed by atoms with E-state index in [4.69, 9.17) is 0 Å². The molecule has 0 atom stereocenters. The molecule has 0 saturated carbocycles. The van der Waals surface area contributed by atoms with Crippen LogP contribution in [0.25, 0.3) is 0 Å². The molecule has 0 aliphatic heterocycles. The van der Waals surface area contributed by atoms with Gasteiger partial charge in [0.2, 0.25) is 0 Å². The number of hydrogen-bond acceptors (Lipinski definition) is 2. The molecule has 1 aromatic rings. The molecule has 0 saturated heterocycles. The van der Waals surface area contributed by atoms with E-state index in [9.17, 15) is 4.79 Å². The number of aromatic nitrogens is 1. The van der Waals surface area contributed by atoms with E-state index in [0.717, 1.165) is 9.13 Å². The van der Waals surface area contributed by atoms with Gasteiger partial charge in [-0.05, 0) is 68.8 Å². The Kier molecular flexibility index (Phi) is 4.91. The maximum Gasteiger partial charge on any atom is 0.273 e. The van der Waals surface area contributed by atoms with Crippen LogP contribution in [0.15, 0.2) is 12.3 Å². The highest BCUT2D eigenvalue weighted by molar-refractivity contribution is 14.1. The Balaban J connectivity index is 3.15. The van der Waals surface area contributed by atoms with Crippen molar-refractivity contribution in [3.8, 4) is 0 Å². The number of hydrogen-bond donors (Lipinski definition) is 0. The maximum absolute atomic E-state index is 12.5. The predicted molar refractivity (Wildman–Crippen MR) is 78.1 cm³/mol. The lowest BCUT2D eigenvalue weighted by molar-refractivity contribution is 0.0636. The minimum absolute atomic E-state index is 0.0195. The van der Waals surface area contributed by atoms with E-state index >= 15 is 0 Å². The Bertz CT molecular complexity index is 408. The van der Waals surface area contributed by atoms with Gasteiger partial charge in [-0.1, -0.05) is 0 Å². The Labute approximate surface area is 117 Å². The number of nitrogens with zero attached hydrogens (tertiary/aromatic N) is 2. The fraction of sp³-hybridized carbons (Fsp3) is 0.538. The topological polar surface area (TPSA) is 33.2 Å². The molecule has 17 heavy (non-hydrogen) atoms. The zero-order valence-corrected chi connectivity index (χ0v) is 13.1. The molecule has 0 unspecified atom stereocenters. The quantitative estimate of drug-likeness (QED) is 0.788. The van der Waals surface area contributed by atoms with Crippen molar-refractivity contribution in [3.63, 3.8) is 0 Å². The number of rotatable bonds is 3. The molecule has 94 valence electrons. The summed E-state index contributed by atoms with van der Waals surface area (Å²) in [6.07, 6.45) is 1.70. The van der Waals surface area contributed by atoms with Crippen molar-refractivity contribution >= 4 is 28.5 Å². The lowest BCUT2D eigenvalue weighted by Gasteiger charge is -2.30. The van der Waals surface area contributed by atoms with Crippen LogP contribution < -0.4 is 0 Å². The van der Waals surface area contributed by atoms with Crippen LogP contribution in [0.4, 0.5) is 0 Å². The van der Waals surface area contributed by atoms with Crippen molar-refractivity contribution < 1.29 is 4.79 Å². The first-order valence-electron chi connectivity index (χ1n) is 5.80. The highest BCUT2D eigenvalue weighted by atomic mass is 127. The van der Waals surface area contributed by atoms with E-state index in [-0.39, 0.29) is 18.0 Å². The van der Waals surface area contributed by atoms with Crippen molar-refractivity contribution in [1.29, 1.82) is 0 Å². The van der Waals surface area contributed by atoms with Crippen LogP contribution in [0.5, 0.6) is 0 Å². The first-order valence-corrected chi connectivity index (χ1v) is 6.88. The van der Waals surface area contributed by atoms with Crippen molar-refractivity contribution in [1.82, 2.24) is 9.88 Å². The Morgan fingerprint density at radius 2 is 1.82 bits per heavy atom. The third kappa shape index (κ3) is 3.18. The molecule has 3 nitrogen and oxygen atoms in total. The summed E-state index contributed by atoms with van der Waals surface area (Å²) in [4.78, 5) is 18.6. The molecule has 0 N–H and O–H groups in total. The second kappa shape index (κ2) is 5.80. The van der Waals surface area contributed by atoms with Crippen LogP contribution in [0, 0.1) is 10.5 Å². The third-order valence-electron chi connectivity index (χ3n) is 2.69. The minimum Gasteiger partial charge on any atom is -0.332 e. The number of halogens is 1. The SMILES string of the molecule is Cc1c(I)ccnc1C(=O)N(C(C)C)C(C)C. The molecule has 1 amide bonds. The highest BCUT2D eigenvalue weighted by Gasteiger charge is 2.24. The molecule has 0 aliphatic carbocycles. The Hall–Kier alpha value is -0.650. The van der Waals surface area contributed by atoms with Crippen molar-refractivity contribution in [2.45, 2.75) is 46.7 Å². The average molecular weight is 346 g/mol.